The van der Waals surface area contributed by atoms with Crippen LogP contribution in [0.2, 0.25) is 0 Å². The van der Waals surface area contributed by atoms with E-state index in [1.807, 2.05) is 19.1 Å². The summed E-state index contributed by atoms with van der Waals surface area (Å²) in [7, 11) is 0. The van der Waals surface area contributed by atoms with E-state index in [2.05, 4.69) is 11.0 Å². The molecule has 1 aromatic carbocycles. The van der Waals surface area contributed by atoms with E-state index < -0.39 is 17.9 Å². The zero-order chi connectivity index (χ0) is 21.7. The first-order valence-corrected chi connectivity index (χ1v) is 10.6. The second-order valence-electron chi connectivity index (χ2n) is 7.39. The molecule has 0 bridgehead atoms. The second-order valence-corrected chi connectivity index (χ2v) is 7.39. The number of hydrogen-bond donors (Lipinski definition) is 0. The Morgan fingerprint density at radius 2 is 1.73 bits per heavy atom. The largest absolute Gasteiger partial charge is 0.463 e. The average Bonchev–Trinajstić information content (AvgIpc) is 3.00. The molecular weight excluding hydrogens is 380 g/mol. The molecule has 1 atom stereocenters. The summed E-state index contributed by atoms with van der Waals surface area (Å²) in [6, 6.07) is 9.33. The number of allylic oxidation sites excluding steroid dienone is 2. The number of hydrogen-bond acceptors (Lipinski definition) is 6. The Kier molecular flexibility index (Phi) is 6.94. The van der Waals surface area contributed by atoms with Gasteiger partial charge >= 0.3 is 11.9 Å². The summed E-state index contributed by atoms with van der Waals surface area (Å²) in [6.07, 6.45) is 3.72. The highest BCUT2D eigenvalue weighted by Crippen LogP contribution is 2.45. The monoisotopic (exact) mass is 408 g/mol. The summed E-state index contributed by atoms with van der Waals surface area (Å²) in [5.41, 5.74) is 3.61. The molecule has 0 aliphatic carbocycles. The van der Waals surface area contributed by atoms with Crippen molar-refractivity contribution in [3.63, 3.8) is 0 Å². The zero-order valence-corrected chi connectivity index (χ0v) is 17.9. The van der Waals surface area contributed by atoms with E-state index in [9.17, 15) is 14.9 Å². The molecule has 158 valence electrons. The SMILES string of the molecule is CCOC(=O)C1=C(C)N2CCCCCC2=C(C(=O)OCC)C1c1ccccc1C#N. The van der Waals surface area contributed by atoms with E-state index in [4.69, 9.17) is 9.47 Å². The fraction of sp³-hybridized carbons (Fsp3) is 0.458. The summed E-state index contributed by atoms with van der Waals surface area (Å²) in [6.45, 7) is 6.63. The van der Waals surface area contributed by atoms with Crippen molar-refractivity contribution >= 4 is 11.9 Å². The lowest BCUT2D eigenvalue weighted by molar-refractivity contribution is -0.139. The highest BCUT2D eigenvalue weighted by Gasteiger charge is 2.42. The molecule has 6 nitrogen and oxygen atoms in total. The first kappa shape index (κ1) is 21.6. The van der Waals surface area contributed by atoms with E-state index in [1.165, 1.54) is 0 Å². The van der Waals surface area contributed by atoms with Crippen LogP contribution in [0.4, 0.5) is 0 Å². The topological polar surface area (TPSA) is 79.6 Å². The maximum Gasteiger partial charge on any atom is 0.336 e. The summed E-state index contributed by atoms with van der Waals surface area (Å²) in [4.78, 5) is 28.4. The maximum atomic E-state index is 13.2. The molecule has 0 saturated carbocycles. The van der Waals surface area contributed by atoms with Gasteiger partial charge in [-0.15, -0.1) is 0 Å². The van der Waals surface area contributed by atoms with E-state index in [1.54, 1.807) is 26.0 Å². The predicted molar refractivity (Wildman–Crippen MR) is 112 cm³/mol. The molecule has 1 fully saturated rings. The lowest BCUT2D eigenvalue weighted by Gasteiger charge is -2.38. The van der Waals surface area contributed by atoms with E-state index in [-0.39, 0.29) is 13.2 Å². The van der Waals surface area contributed by atoms with Crippen molar-refractivity contribution in [1.82, 2.24) is 4.90 Å². The molecule has 0 N–H and O–H groups in total. The molecule has 3 rings (SSSR count). The van der Waals surface area contributed by atoms with Gasteiger partial charge in [-0.3, -0.25) is 0 Å². The number of ether oxygens (including phenoxy) is 2. The number of carbonyl (C=O) groups is 2. The number of rotatable bonds is 5. The van der Waals surface area contributed by atoms with Gasteiger partial charge in [-0.25, -0.2) is 9.59 Å². The van der Waals surface area contributed by atoms with Gasteiger partial charge < -0.3 is 14.4 Å². The lowest BCUT2D eigenvalue weighted by atomic mass is 9.77. The number of nitrogens with zero attached hydrogens (tertiary/aromatic N) is 2. The summed E-state index contributed by atoms with van der Waals surface area (Å²) >= 11 is 0. The zero-order valence-electron chi connectivity index (χ0n) is 17.9. The Morgan fingerprint density at radius 1 is 1.07 bits per heavy atom. The Labute approximate surface area is 177 Å². The van der Waals surface area contributed by atoms with E-state index >= 15 is 0 Å². The summed E-state index contributed by atoms with van der Waals surface area (Å²) < 4.78 is 10.8. The molecule has 1 saturated heterocycles. The first-order chi connectivity index (χ1) is 14.5. The van der Waals surface area contributed by atoms with Crippen LogP contribution < -0.4 is 0 Å². The van der Waals surface area contributed by atoms with Gasteiger partial charge in [0.25, 0.3) is 0 Å². The Balaban J connectivity index is 2.32. The van der Waals surface area contributed by atoms with Crippen LogP contribution in [0.15, 0.2) is 46.8 Å². The van der Waals surface area contributed by atoms with Gasteiger partial charge in [0.2, 0.25) is 0 Å². The second kappa shape index (κ2) is 9.62. The third-order valence-corrected chi connectivity index (χ3v) is 5.69. The molecular formula is C24H28N2O4. The molecule has 2 heterocycles. The molecule has 6 heteroatoms. The summed E-state index contributed by atoms with van der Waals surface area (Å²) in [5.74, 6) is -1.59. The van der Waals surface area contributed by atoms with Gasteiger partial charge in [-0.2, -0.15) is 5.26 Å². The van der Waals surface area contributed by atoms with Crippen molar-refractivity contribution in [2.24, 2.45) is 0 Å². The first-order valence-electron chi connectivity index (χ1n) is 10.6. The Hall–Kier alpha value is -3.07. The van der Waals surface area contributed by atoms with Crippen molar-refractivity contribution in [3.05, 3.63) is 57.9 Å². The Morgan fingerprint density at radius 3 is 2.40 bits per heavy atom. The van der Waals surface area contributed by atoms with Gasteiger partial charge in [0.15, 0.2) is 0 Å². The number of benzene rings is 1. The van der Waals surface area contributed by atoms with E-state index in [0.717, 1.165) is 43.6 Å². The van der Waals surface area contributed by atoms with Crippen LogP contribution in [-0.4, -0.2) is 36.6 Å². The van der Waals surface area contributed by atoms with Crippen molar-refractivity contribution in [2.45, 2.75) is 52.4 Å². The van der Waals surface area contributed by atoms with Crippen molar-refractivity contribution in [2.75, 3.05) is 19.8 Å². The number of carbonyl (C=O) groups excluding carboxylic acids is 2. The third-order valence-electron chi connectivity index (χ3n) is 5.69. The Bertz CT molecular complexity index is 939. The van der Waals surface area contributed by atoms with Gasteiger partial charge in [-0.05, 0) is 51.7 Å². The molecule has 2 aliphatic rings. The number of fused-ring (bicyclic) bond motifs is 1. The normalized spacial score (nSPS) is 19.0. The highest BCUT2D eigenvalue weighted by molar-refractivity contribution is 6.00. The van der Waals surface area contributed by atoms with Crippen molar-refractivity contribution in [1.29, 1.82) is 5.26 Å². The van der Waals surface area contributed by atoms with Crippen LogP contribution in [-0.2, 0) is 19.1 Å². The van der Waals surface area contributed by atoms with Gasteiger partial charge in [0.05, 0.1) is 41.9 Å². The number of nitriles is 1. The minimum absolute atomic E-state index is 0.230. The van der Waals surface area contributed by atoms with Crippen LogP contribution in [0.25, 0.3) is 0 Å². The molecule has 30 heavy (non-hydrogen) atoms. The minimum Gasteiger partial charge on any atom is -0.463 e. The lowest BCUT2D eigenvalue weighted by Crippen LogP contribution is -2.36. The molecule has 2 aliphatic heterocycles. The fourth-order valence-corrected chi connectivity index (χ4v) is 4.40. The molecule has 1 aromatic rings. The van der Waals surface area contributed by atoms with Crippen molar-refractivity contribution in [3.8, 4) is 6.07 Å². The van der Waals surface area contributed by atoms with E-state index in [0.29, 0.717) is 22.3 Å². The maximum absolute atomic E-state index is 13.2. The highest BCUT2D eigenvalue weighted by atomic mass is 16.5. The molecule has 0 aromatic heterocycles. The van der Waals surface area contributed by atoms with Crippen LogP contribution in [0, 0.1) is 11.3 Å². The van der Waals surface area contributed by atoms with Gasteiger partial charge in [-0.1, -0.05) is 24.6 Å². The molecule has 1 unspecified atom stereocenters. The van der Waals surface area contributed by atoms with Crippen LogP contribution >= 0.6 is 0 Å². The van der Waals surface area contributed by atoms with Crippen LogP contribution in [0.1, 0.15) is 63.5 Å². The molecule has 0 spiro atoms. The van der Waals surface area contributed by atoms with Crippen LogP contribution in [0.5, 0.6) is 0 Å². The van der Waals surface area contributed by atoms with Gasteiger partial charge in [0.1, 0.15) is 0 Å². The van der Waals surface area contributed by atoms with Crippen molar-refractivity contribution < 1.29 is 19.1 Å². The number of esters is 2. The third kappa shape index (κ3) is 3.97. The van der Waals surface area contributed by atoms with Gasteiger partial charge in [0, 0.05) is 17.9 Å². The minimum atomic E-state index is -0.691. The smallest absolute Gasteiger partial charge is 0.336 e. The summed E-state index contributed by atoms with van der Waals surface area (Å²) in [5, 5.41) is 9.72. The quantitative estimate of drug-likeness (QED) is 0.680. The predicted octanol–water partition coefficient (Wildman–Crippen LogP) is 4.19. The fourth-order valence-electron chi connectivity index (χ4n) is 4.40. The van der Waals surface area contributed by atoms with Crippen LogP contribution in [0.3, 0.4) is 0 Å². The standard InChI is InChI=1S/C24H28N2O4/c1-4-29-23(27)20-16(3)26-14-10-6-7-13-19(26)22(24(28)30-5-2)21(20)18-12-9-8-11-17(18)15-25/h8-9,11-12,21H,4-7,10,13-14H2,1-3H3. The average molecular weight is 408 g/mol. The molecule has 0 radical (unpaired) electrons. The molecule has 0 amide bonds.